The number of amides is 1. The highest BCUT2D eigenvalue weighted by Gasteiger charge is 2.30. The fourth-order valence-corrected chi connectivity index (χ4v) is 3.36. The fraction of sp³-hybridized carbons (Fsp3) is 0.158. The zero-order chi connectivity index (χ0) is 17.4. The molecule has 1 unspecified atom stereocenters. The Morgan fingerprint density at radius 2 is 2.08 bits per heavy atom. The summed E-state index contributed by atoms with van der Waals surface area (Å²) >= 11 is 6.09. The van der Waals surface area contributed by atoms with Crippen LogP contribution in [0.1, 0.15) is 23.5 Å². The maximum atomic E-state index is 12.3. The molecular weight excluding hydrogens is 338 g/mol. The predicted octanol–water partition coefficient (Wildman–Crippen LogP) is 4.01. The van der Waals surface area contributed by atoms with E-state index in [0.29, 0.717) is 17.3 Å². The number of anilines is 1. The first-order chi connectivity index (χ1) is 12.2. The van der Waals surface area contributed by atoms with Crippen LogP contribution >= 0.6 is 11.6 Å². The summed E-state index contributed by atoms with van der Waals surface area (Å²) in [4.78, 5) is 12.3. The Hall–Kier alpha value is -2.79. The summed E-state index contributed by atoms with van der Waals surface area (Å²) in [5.41, 5.74) is 2.81. The van der Waals surface area contributed by atoms with Gasteiger partial charge in [-0.3, -0.25) is 4.79 Å². The molecular formula is C19H16ClN3O2. The molecule has 1 aliphatic rings. The van der Waals surface area contributed by atoms with Crippen molar-refractivity contribution in [2.45, 2.75) is 12.3 Å². The van der Waals surface area contributed by atoms with Crippen LogP contribution in [0.25, 0.3) is 5.69 Å². The van der Waals surface area contributed by atoms with Crippen molar-refractivity contribution in [2.75, 3.05) is 12.4 Å². The van der Waals surface area contributed by atoms with Gasteiger partial charge in [-0.15, -0.1) is 0 Å². The van der Waals surface area contributed by atoms with Gasteiger partial charge in [-0.25, -0.2) is 4.68 Å². The van der Waals surface area contributed by atoms with Crippen molar-refractivity contribution in [2.24, 2.45) is 0 Å². The van der Waals surface area contributed by atoms with Gasteiger partial charge in [0.15, 0.2) is 0 Å². The molecule has 0 aliphatic carbocycles. The molecule has 1 atom stereocenters. The summed E-state index contributed by atoms with van der Waals surface area (Å²) in [5.74, 6) is 1.36. The van der Waals surface area contributed by atoms with Gasteiger partial charge in [0.2, 0.25) is 5.91 Å². The number of nitrogens with zero attached hydrogens (tertiary/aromatic N) is 2. The summed E-state index contributed by atoms with van der Waals surface area (Å²) < 4.78 is 7.03. The fourth-order valence-electron chi connectivity index (χ4n) is 3.18. The maximum absolute atomic E-state index is 12.3. The van der Waals surface area contributed by atoms with Gasteiger partial charge in [-0.05, 0) is 35.9 Å². The van der Waals surface area contributed by atoms with Crippen molar-refractivity contribution in [3.8, 4) is 11.4 Å². The summed E-state index contributed by atoms with van der Waals surface area (Å²) in [6.45, 7) is 0. The van der Waals surface area contributed by atoms with Crippen LogP contribution in [0.4, 0.5) is 5.82 Å². The summed E-state index contributed by atoms with van der Waals surface area (Å²) in [6, 6.07) is 15.2. The lowest BCUT2D eigenvalue weighted by Crippen LogP contribution is -2.24. The normalized spacial score (nSPS) is 16.2. The van der Waals surface area contributed by atoms with E-state index in [9.17, 15) is 4.79 Å². The van der Waals surface area contributed by atoms with E-state index in [1.807, 2.05) is 42.5 Å². The largest absolute Gasteiger partial charge is 0.497 e. The maximum Gasteiger partial charge on any atom is 0.226 e. The number of rotatable bonds is 3. The molecule has 0 radical (unpaired) electrons. The van der Waals surface area contributed by atoms with Crippen LogP contribution in [0.3, 0.4) is 0 Å². The van der Waals surface area contributed by atoms with Gasteiger partial charge in [0, 0.05) is 22.9 Å². The molecule has 1 amide bonds. The molecule has 25 heavy (non-hydrogen) atoms. The zero-order valence-corrected chi connectivity index (χ0v) is 14.3. The van der Waals surface area contributed by atoms with E-state index in [1.165, 1.54) is 0 Å². The topological polar surface area (TPSA) is 56.1 Å². The quantitative estimate of drug-likeness (QED) is 0.774. The Balaban J connectivity index is 1.81. The number of ether oxygens (including phenoxy) is 1. The number of carbonyl (C=O) groups excluding carboxylic acids is 1. The number of nitrogens with one attached hydrogen (secondary N) is 1. The van der Waals surface area contributed by atoms with Crippen LogP contribution < -0.4 is 10.1 Å². The third kappa shape index (κ3) is 2.87. The monoisotopic (exact) mass is 353 g/mol. The van der Waals surface area contributed by atoms with Gasteiger partial charge in [-0.2, -0.15) is 5.10 Å². The SMILES string of the molecule is COc1cccc(C2CC(=O)Nc3c2cnn3-c2cccc(Cl)c2)c1. The first-order valence-electron chi connectivity index (χ1n) is 7.93. The average Bonchev–Trinajstić information content (AvgIpc) is 3.04. The molecule has 3 aromatic rings. The highest BCUT2D eigenvalue weighted by atomic mass is 35.5. The first-order valence-corrected chi connectivity index (χ1v) is 8.31. The second-order valence-electron chi connectivity index (χ2n) is 5.92. The third-order valence-electron chi connectivity index (χ3n) is 4.37. The standard InChI is InChI=1S/C19H16ClN3O2/c1-25-15-7-2-4-12(8-15)16-10-18(24)22-19-17(16)11-21-23(19)14-6-3-5-13(20)9-14/h2-9,11,16H,10H2,1H3,(H,22,24). The number of hydrogen-bond acceptors (Lipinski definition) is 3. The van der Waals surface area contributed by atoms with Gasteiger partial charge < -0.3 is 10.1 Å². The highest BCUT2D eigenvalue weighted by molar-refractivity contribution is 6.30. The Bertz CT molecular complexity index is 951. The molecule has 0 saturated carbocycles. The van der Waals surface area contributed by atoms with Crippen LogP contribution in [0.5, 0.6) is 5.75 Å². The molecule has 2 aromatic carbocycles. The van der Waals surface area contributed by atoms with Crippen molar-refractivity contribution in [3.05, 3.63) is 70.9 Å². The minimum atomic E-state index is -0.0632. The van der Waals surface area contributed by atoms with E-state index < -0.39 is 0 Å². The molecule has 1 aromatic heterocycles. The van der Waals surface area contributed by atoms with E-state index in [1.54, 1.807) is 24.1 Å². The molecule has 0 fully saturated rings. The van der Waals surface area contributed by atoms with Gasteiger partial charge in [0.1, 0.15) is 11.6 Å². The van der Waals surface area contributed by atoms with Crippen LogP contribution in [0, 0.1) is 0 Å². The van der Waals surface area contributed by atoms with Crippen molar-refractivity contribution in [1.82, 2.24) is 9.78 Å². The number of benzene rings is 2. The summed E-state index contributed by atoms with van der Waals surface area (Å²) in [5, 5.41) is 8.03. The van der Waals surface area contributed by atoms with E-state index in [0.717, 1.165) is 22.6 Å². The smallest absolute Gasteiger partial charge is 0.226 e. The lowest BCUT2D eigenvalue weighted by Gasteiger charge is -2.24. The lowest BCUT2D eigenvalue weighted by atomic mass is 9.87. The Morgan fingerprint density at radius 3 is 2.88 bits per heavy atom. The lowest BCUT2D eigenvalue weighted by molar-refractivity contribution is -0.116. The van der Waals surface area contributed by atoms with Crippen molar-refractivity contribution >= 4 is 23.3 Å². The molecule has 0 saturated heterocycles. The molecule has 126 valence electrons. The molecule has 2 heterocycles. The van der Waals surface area contributed by atoms with Gasteiger partial charge in [0.05, 0.1) is 19.0 Å². The van der Waals surface area contributed by atoms with E-state index in [-0.39, 0.29) is 11.8 Å². The number of carbonyl (C=O) groups is 1. The number of halogens is 1. The van der Waals surface area contributed by atoms with E-state index in [2.05, 4.69) is 10.4 Å². The second kappa shape index (κ2) is 6.26. The van der Waals surface area contributed by atoms with Gasteiger partial charge in [0.25, 0.3) is 0 Å². The summed E-state index contributed by atoms with van der Waals surface area (Å²) in [6.07, 6.45) is 2.18. The molecule has 0 bridgehead atoms. The molecule has 5 nitrogen and oxygen atoms in total. The van der Waals surface area contributed by atoms with Crippen molar-refractivity contribution < 1.29 is 9.53 Å². The van der Waals surface area contributed by atoms with Crippen molar-refractivity contribution in [3.63, 3.8) is 0 Å². The Kier molecular flexibility index (Phi) is 3.93. The highest BCUT2D eigenvalue weighted by Crippen LogP contribution is 2.39. The molecule has 1 N–H and O–H groups in total. The van der Waals surface area contributed by atoms with Crippen LogP contribution in [0.2, 0.25) is 5.02 Å². The predicted molar refractivity (Wildman–Crippen MR) is 96.7 cm³/mol. The van der Waals surface area contributed by atoms with Gasteiger partial charge >= 0.3 is 0 Å². The third-order valence-corrected chi connectivity index (χ3v) is 4.60. The molecule has 1 aliphatic heterocycles. The first kappa shape index (κ1) is 15.7. The number of hydrogen-bond donors (Lipinski definition) is 1. The molecule has 0 spiro atoms. The number of fused-ring (bicyclic) bond motifs is 1. The van der Waals surface area contributed by atoms with E-state index in [4.69, 9.17) is 16.3 Å². The van der Waals surface area contributed by atoms with Crippen LogP contribution in [-0.2, 0) is 4.79 Å². The van der Waals surface area contributed by atoms with Gasteiger partial charge in [-0.1, -0.05) is 29.8 Å². The van der Waals surface area contributed by atoms with Crippen molar-refractivity contribution in [1.29, 1.82) is 0 Å². The average molecular weight is 354 g/mol. The zero-order valence-electron chi connectivity index (χ0n) is 13.6. The molecule has 6 heteroatoms. The minimum absolute atomic E-state index is 0.0379. The van der Waals surface area contributed by atoms with Crippen LogP contribution in [0.15, 0.2) is 54.7 Å². The Labute approximate surface area is 150 Å². The minimum Gasteiger partial charge on any atom is -0.497 e. The van der Waals surface area contributed by atoms with E-state index >= 15 is 0 Å². The van der Waals surface area contributed by atoms with Crippen LogP contribution in [-0.4, -0.2) is 22.8 Å². The number of methoxy groups -OCH3 is 1. The number of aromatic nitrogens is 2. The molecule has 4 rings (SSSR count). The second-order valence-corrected chi connectivity index (χ2v) is 6.36. The Morgan fingerprint density at radius 1 is 1.24 bits per heavy atom. The summed E-state index contributed by atoms with van der Waals surface area (Å²) in [7, 11) is 1.63.